The third-order valence-corrected chi connectivity index (χ3v) is 4.70. The van der Waals surface area contributed by atoms with Crippen molar-refractivity contribution in [2.24, 2.45) is 5.92 Å². The Bertz CT molecular complexity index is 453. The molecule has 3 nitrogen and oxygen atoms in total. The SMILES string of the molecule is O=C(c1cc(Br)ccc1I)N1CCC(CCO)C1. The largest absolute Gasteiger partial charge is 0.396 e. The zero-order valence-electron chi connectivity index (χ0n) is 9.90. The van der Waals surface area contributed by atoms with Gasteiger partial charge in [0.25, 0.3) is 5.91 Å². The maximum Gasteiger partial charge on any atom is 0.254 e. The molecule has 1 aliphatic rings. The Balaban J connectivity index is 2.10. The number of benzene rings is 1. The summed E-state index contributed by atoms with van der Waals surface area (Å²) in [7, 11) is 0. The van der Waals surface area contributed by atoms with E-state index in [0.29, 0.717) is 5.92 Å². The van der Waals surface area contributed by atoms with Crippen LogP contribution in [0.2, 0.25) is 0 Å². The summed E-state index contributed by atoms with van der Waals surface area (Å²) in [5, 5.41) is 8.94. The summed E-state index contributed by atoms with van der Waals surface area (Å²) in [4.78, 5) is 14.3. The average Bonchev–Trinajstić information content (AvgIpc) is 2.80. The summed E-state index contributed by atoms with van der Waals surface area (Å²) in [6, 6.07) is 5.76. The molecule has 1 amide bonds. The minimum absolute atomic E-state index is 0.0983. The highest BCUT2D eigenvalue weighted by Gasteiger charge is 2.27. The first kappa shape index (κ1) is 14.3. The topological polar surface area (TPSA) is 40.5 Å². The Morgan fingerprint density at radius 3 is 3.06 bits per heavy atom. The molecule has 1 heterocycles. The second-order valence-corrected chi connectivity index (χ2v) is 6.62. The van der Waals surface area contributed by atoms with Crippen LogP contribution in [0.25, 0.3) is 0 Å². The number of rotatable bonds is 3. The number of nitrogens with zero attached hydrogens (tertiary/aromatic N) is 1. The second-order valence-electron chi connectivity index (χ2n) is 4.54. The van der Waals surface area contributed by atoms with E-state index in [1.54, 1.807) is 0 Å². The number of carbonyl (C=O) groups excluding carboxylic acids is 1. The minimum Gasteiger partial charge on any atom is -0.396 e. The van der Waals surface area contributed by atoms with Gasteiger partial charge in [-0.1, -0.05) is 15.9 Å². The number of amides is 1. The number of aliphatic hydroxyl groups excluding tert-OH is 1. The van der Waals surface area contributed by atoms with Crippen molar-refractivity contribution in [3.63, 3.8) is 0 Å². The lowest BCUT2D eigenvalue weighted by Crippen LogP contribution is -2.29. The van der Waals surface area contributed by atoms with Crippen molar-refractivity contribution < 1.29 is 9.90 Å². The molecule has 5 heteroatoms. The molecule has 1 aliphatic heterocycles. The summed E-state index contributed by atoms with van der Waals surface area (Å²) < 4.78 is 1.91. The van der Waals surface area contributed by atoms with Gasteiger partial charge < -0.3 is 10.0 Å². The molecule has 0 bridgehead atoms. The lowest BCUT2D eigenvalue weighted by molar-refractivity contribution is 0.0783. The maximum absolute atomic E-state index is 12.4. The van der Waals surface area contributed by atoms with E-state index in [1.165, 1.54) is 0 Å². The van der Waals surface area contributed by atoms with Crippen molar-refractivity contribution in [2.45, 2.75) is 12.8 Å². The molecule has 18 heavy (non-hydrogen) atoms. The zero-order valence-corrected chi connectivity index (χ0v) is 13.6. The number of halogens is 2. The van der Waals surface area contributed by atoms with Crippen LogP contribution in [0.3, 0.4) is 0 Å². The fourth-order valence-corrected chi connectivity index (χ4v) is 3.19. The first-order valence-corrected chi connectivity index (χ1v) is 7.84. The highest BCUT2D eigenvalue weighted by molar-refractivity contribution is 14.1. The summed E-state index contributed by atoms with van der Waals surface area (Å²) >= 11 is 5.60. The van der Waals surface area contributed by atoms with E-state index in [9.17, 15) is 4.79 Å². The molecule has 98 valence electrons. The Hall–Kier alpha value is -0.140. The van der Waals surface area contributed by atoms with E-state index >= 15 is 0 Å². The van der Waals surface area contributed by atoms with Crippen LogP contribution in [0.15, 0.2) is 22.7 Å². The number of hydrogen-bond acceptors (Lipinski definition) is 2. The Labute approximate surface area is 129 Å². The Morgan fingerprint density at radius 2 is 2.33 bits per heavy atom. The highest BCUT2D eigenvalue weighted by atomic mass is 127. The molecule has 1 N–H and O–H groups in total. The van der Waals surface area contributed by atoms with Crippen LogP contribution >= 0.6 is 38.5 Å². The lowest BCUT2D eigenvalue weighted by Gasteiger charge is -2.17. The lowest BCUT2D eigenvalue weighted by atomic mass is 10.1. The van der Waals surface area contributed by atoms with Crippen LogP contribution in [0.5, 0.6) is 0 Å². The molecule has 1 fully saturated rings. The molecule has 0 aromatic heterocycles. The van der Waals surface area contributed by atoms with Crippen LogP contribution in [0.4, 0.5) is 0 Å². The van der Waals surface area contributed by atoms with Crippen LogP contribution in [-0.2, 0) is 0 Å². The van der Waals surface area contributed by atoms with Gasteiger partial charge in [0.1, 0.15) is 0 Å². The quantitative estimate of drug-likeness (QED) is 0.759. The predicted molar refractivity (Wildman–Crippen MR) is 82.6 cm³/mol. The van der Waals surface area contributed by atoms with Crippen LogP contribution in [-0.4, -0.2) is 35.6 Å². The fourth-order valence-electron chi connectivity index (χ4n) is 2.27. The predicted octanol–water partition coefficient (Wildman–Crippen LogP) is 2.90. The van der Waals surface area contributed by atoms with Gasteiger partial charge in [-0.2, -0.15) is 0 Å². The summed E-state index contributed by atoms with van der Waals surface area (Å²) in [6.07, 6.45) is 1.79. The van der Waals surface area contributed by atoms with Crippen molar-refractivity contribution in [1.29, 1.82) is 0 Å². The van der Waals surface area contributed by atoms with E-state index in [1.807, 2.05) is 23.1 Å². The molecule has 2 rings (SSSR count). The molecular weight excluding hydrogens is 409 g/mol. The van der Waals surface area contributed by atoms with E-state index in [-0.39, 0.29) is 12.5 Å². The van der Waals surface area contributed by atoms with Gasteiger partial charge in [0.2, 0.25) is 0 Å². The normalized spacial score (nSPS) is 19.3. The molecule has 1 unspecified atom stereocenters. The zero-order chi connectivity index (χ0) is 13.1. The molecule has 1 aromatic rings. The van der Waals surface area contributed by atoms with Gasteiger partial charge in [-0.3, -0.25) is 4.79 Å². The molecule has 0 aliphatic carbocycles. The summed E-state index contributed by atoms with van der Waals surface area (Å²) in [5.74, 6) is 0.546. The van der Waals surface area contributed by atoms with Crippen molar-refractivity contribution >= 4 is 44.4 Å². The molecule has 1 aromatic carbocycles. The van der Waals surface area contributed by atoms with Gasteiger partial charge >= 0.3 is 0 Å². The van der Waals surface area contributed by atoms with Crippen molar-refractivity contribution in [3.8, 4) is 0 Å². The third kappa shape index (κ3) is 3.24. The average molecular weight is 424 g/mol. The summed E-state index contributed by atoms with van der Waals surface area (Å²) in [6.45, 7) is 1.77. The van der Waals surface area contributed by atoms with Crippen LogP contribution in [0.1, 0.15) is 23.2 Å². The van der Waals surface area contributed by atoms with Crippen molar-refractivity contribution in [1.82, 2.24) is 4.90 Å². The Kier molecular flexibility index (Phi) is 5.03. The monoisotopic (exact) mass is 423 g/mol. The van der Waals surface area contributed by atoms with Gasteiger partial charge in [-0.25, -0.2) is 0 Å². The van der Waals surface area contributed by atoms with Gasteiger partial charge in [0.05, 0.1) is 5.56 Å². The fraction of sp³-hybridized carbons (Fsp3) is 0.462. The number of hydrogen-bond donors (Lipinski definition) is 1. The molecule has 1 atom stereocenters. The van der Waals surface area contributed by atoms with E-state index in [0.717, 1.165) is 39.5 Å². The molecule has 0 saturated carbocycles. The van der Waals surface area contributed by atoms with Crippen LogP contribution < -0.4 is 0 Å². The highest BCUT2D eigenvalue weighted by Crippen LogP contribution is 2.24. The molecular formula is C13H15BrINO2. The number of aliphatic hydroxyl groups is 1. The number of likely N-dealkylation sites (tertiary alicyclic amines) is 1. The first-order valence-electron chi connectivity index (χ1n) is 5.97. The third-order valence-electron chi connectivity index (χ3n) is 3.27. The Morgan fingerprint density at radius 1 is 1.56 bits per heavy atom. The van der Waals surface area contributed by atoms with Gasteiger partial charge in [0, 0.05) is 27.7 Å². The molecule has 1 saturated heterocycles. The molecule has 0 spiro atoms. The number of carbonyl (C=O) groups is 1. The van der Waals surface area contributed by atoms with E-state index in [4.69, 9.17) is 5.11 Å². The van der Waals surface area contributed by atoms with Crippen LogP contribution in [0, 0.1) is 9.49 Å². The van der Waals surface area contributed by atoms with Crippen molar-refractivity contribution in [3.05, 3.63) is 31.8 Å². The van der Waals surface area contributed by atoms with Crippen molar-refractivity contribution in [2.75, 3.05) is 19.7 Å². The standard InChI is InChI=1S/C13H15BrINO2/c14-10-1-2-12(15)11(7-10)13(18)16-5-3-9(8-16)4-6-17/h1-2,7,9,17H,3-6,8H2. The minimum atomic E-state index is 0.0983. The maximum atomic E-state index is 12.4. The van der Waals surface area contributed by atoms with Gasteiger partial charge in [-0.05, 0) is 59.5 Å². The van der Waals surface area contributed by atoms with E-state index in [2.05, 4.69) is 38.5 Å². The van der Waals surface area contributed by atoms with Gasteiger partial charge in [0.15, 0.2) is 0 Å². The first-order chi connectivity index (χ1) is 8.61. The molecule has 0 radical (unpaired) electrons. The second kappa shape index (κ2) is 6.34. The van der Waals surface area contributed by atoms with E-state index < -0.39 is 0 Å². The smallest absolute Gasteiger partial charge is 0.254 e. The van der Waals surface area contributed by atoms with Gasteiger partial charge in [-0.15, -0.1) is 0 Å². The summed E-state index contributed by atoms with van der Waals surface area (Å²) in [5.41, 5.74) is 0.759.